The molecule has 7 nitrogen and oxygen atoms in total. The Labute approximate surface area is 671 Å². The summed E-state index contributed by atoms with van der Waals surface area (Å²) < 4.78 is 4.73. The van der Waals surface area contributed by atoms with Crippen molar-refractivity contribution in [1.82, 2.24) is 9.13 Å². The van der Waals surface area contributed by atoms with Gasteiger partial charge in [0, 0.05) is 118 Å². The molecule has 20 rings (SSSR count). The smallest absolute Gasteiger partial charge is 0.0541 e. The summed E-state index contributed by atoms with van der Waals surface area (Å²) in [4.78, 5) is 11.5. The normalized spacial score (nSPS) is 11.1. The van der Waals surface area contributed by atoms with Crippen molar-refractivity contribution in [2.75, 3.05) is 24.5 Å². The molecule has 0 N–H and O–H groups in total. The average Bonchev–Trinajstić information content (AvgIpc) is 1.64. The molecular formula is C108H79N7. The summed E-state index contributed by atoms with van der Waals surface area (Å²) in [6.07, 6.45) is 0. The molecule has 7 heteroatoms. The van der Waals surface area contributed by atoms with Crippen LogP contribution in [0, 0.1) is 0 Å². The molecule has 2 aromatic heterocycles. The van der Waals surface area contributed by atoms with Crippen LogP contribution in [0.25, 0.3) is 77.2 Å². The van der Waals surface area contributed by atoms with Crippen LogP contribution in [0.1, 0.15) is 0 Å². The minimum absolute atomic E-state index is 1.06. The van der Waals surface area contributed by atoms with Crippen LogP contribution in [0.4, 0.5) is 85.3 Å². The van der Waals surface area contributed by atoms with E-state index in [9.17, 15) is 0 Å². The van der Waals surface area contributed by atoms with Gasteiger partial charge in [0.05, 0.1) is 22.1 Å². The Morgan fingerprint density at radius 3 is 0.417 bits per heavy atom. The summed E-state index contributed by atoms with van der Waals surface area (Å²) in [6.45, 7) is 0. The van der Waals surface area contributed by atoms with Gasteiger partial charge in [0.15, 0.2) is 0 Å². The fourth-order valence-corrected chi connectivity index (χ4v) is 16.1. The standard InChI is InChI=1S/C60H44N4.C48H35N3/c1-5-17-47(18-6-1)61(48-19-7-2-8-20-48)52-37-41-54(42-38-52)63(55-43-39-53(40-44-55)62(49-21-9-3-10-22-49)50-23-11-4-12-24-50)51-33-29-45(30-34-51)46-31-35-56(36-32-46)64-59-27-15-13-25-57(59)58-26-14-16-28-60(58)64;1-4-14-38(15-5-1)49(39-16-6-2-7-17-39)42-32-34-43(35-33-42)50(40-18-8-3-9-19-40)41-28-24-36(25-29-41)37-26-30-44(31-27-37)51-47-22-12-10-20-45(47)46-21-11-13-23-48(46)51/h1-44H;1-35H. The number of rotatable bonds is 19. The van der Waals surface area contributed by atoms with Gasteiger partial charge in [0.2, 0.25) is 0 Å². The lowest BCUT2D eigenvalue weighted by Crippen LogP contribution is -2.13. The third-order valence-electron chi connectivity index (χ3n) is 21.5. The second kappa shape index (κ2) is 31.9. The Bertz CT molecular complexity index is 6280. The Balaban J connectivity index is 0.000000158. The van der Waals surface area contributed by atoms with E-state index in [1.54, 1.807) is 0 Å². The first-order valence-corrected chi connectivity index (χ1v) is 39.1. The van der Waals surface area contributed by atoms with Crippen molar-refractivity contribution in [3.8, 4) is 33.6 Å². The van der Waals surface area contributed by atoms with Gasteiger partial charge in [-0.2, -0.15) is 0 Å². The third-order valence-corrected chi connectivity index (χ3v) is 21.5. The third kappa shape index (κ3) is 14.2. The summed E-state index contributed by atoms with van der Waals surface area (Å²) >= 11 is 0. The van der Waals surface area contributed by atoms with E-state index in [1.807, 2.05) is 0 Å². The van der Waals surface area contributed by atoms with E-state index in [-0.39, 0.29) is 0 Å². The summed E-state index contributed by atoms with van der Waals surface area (Å²) in [5.41, 5.74) is 28.3. The Morgan fingerprint density at radius 2 is 0.243 bits per heavy atom. The van der Waals surface area contributed by atoms with Crippen LogP contribution in [0.5, 0.6) is 0 Å². The topological polar surface area (TPSA) is 26.1 Å². The quantitative estimate of drug-likeness (QED) is 0.0804. The maximum absolute atomic E-state index is 2.36. The zero-order valence-electron chi connectivity index (χ0n) is 63.2. The monoisotopic (exact) mass is 1470 g/mol. The van der Waals surface area contributed by atoms with E-state index in [1.165, 1.54) is 60.3 Å². The maximum atomic E-state index is 2.36. The predicted molar refractivity (Wildman–Crippen MR) is 486 cm³/mol. The number of fused-ring (bicyclic) bond motifs is 6. The molecular weight excluding hydrogens is 1400 g/mol. The molecule has 0 fully saturated rings. The largest absolute Gasteiger partial charge is 0.311 e. The van der Waals surface area contributed by atoms with Crippen molar-refractivity contribution in [1.29, 1.82) is 0 Å². The van der Waals surface area contributed by atoms with Crippen LogP contribution in [0.2, 0.25) is 0 Å². The van der Waals surface area contributed by atoms with Crippen molar-refractivity contribution >= 4 is 129 Å². The van der Waals surface area contributed by atoms with Crippen molar-refractivity contribution in [2.24, 2.45) is 0 Å². The Morgan fingerprint density at radius 1 is 0.113 bits per heavy atom. The molecule has 18 aromatic carbocycles. The molecule has 0 unspecified atom stereocenters. The lowest BCUT2D eigenvalue weighted by atomic mass is 10.0. The SMILES string of the molecule is c1ccc(N(c2ccccc2)c2ccc(N(c3ccc(-c4ccc(-n5c6ccccc6c6ccccc65)cc4)cc3)c3ccc(N(c4ccccc4)c4ccccc4)cc3)cc2)cc1.c1ccc(N(c2ccccc2)c2ccc(N(c3ccccc3)c3ccc(-c4ccc(-n5c6ccccc6c6ccccc65)cc4)cc3)cc2)cc1. The van der Waals surface area contributed by atoms with Gasteiger partial charge in [-0.15, -0.1) is 0 Å². The van der Waals surface area contributed by atoms with Crippen molar-refractivity contribution in [3.63, 3.8) is 0 Å². The minimum atomic E-state index is 1.06. The maximum Gasteiger partial charge on any atom is 0.0541 e. The molecule has 0 bridgehead atoms. The zero-order chi connectivity index (χ0) is 76.6. The predicted octanol–water partition coefficient (Wildman–Crippen LogP) is 30.3. The van der Waals surface area contributed by atoms with E-state index >= 15 is 0 Å². The van der Waals surface area contributed by atoms with Crippen molar-refractivity contribution in [2.45, 2.75) is 0 Å². The molecule has 2 heterocycles. The molecule has 546 valence electrons. The highest BCUT2D eigenvalue weighted by Gasteiger charge is 2.22. The zero-order valence-corrected chi connectivity index (χ0v) is 63.2. The summed E-state index contributed by atoms with van der Waals surface area (Å²) in [7, 11) is 0. The summed E-state index contributed by atoms with van der Waals surface area (Å²) in [6, 6.07) is 171. The number of nitrogens with zero attached hydrogens (tertiary/aromatic N) is 7. The fourth-order valence-electron chi connectivity index (χ4n) is 16.1. The average molecular weight is 1470 g/mol. The Hall–Kier alpha value is -15.4. The summed E-state index contributed by atoms with van der Waals surface area (Å²) in [5.74, 6) is 0. The molecule has 0 aliphatic heterocycles. The minimum Gasteiger partial charge on any atom is -0.311 e. The van der Waals surface area contributed by atoms with Gasteiger partial charge in [-0.25, -0.2) is 0 Å². The lowest BCUT2D eigenvalue weighted by molar-refractivity contribution is 1.18. The first-order valence-electron chi connectivity index (χ1n) is 39.1. The van der Waals surface area contributed by atoms with Crippen LogP contribution in [-0.2, 0) is 0 Å². The molecule has 20 aromatic rings. The number of benzene rings is 18. The highest BCUT2D eigenvalue weighted by molar-refractivity contribution is 6.10. The number of para-hydroxylation sites is 11. The van der Waals surface area contributed by atoms with Crippen molar-refractivity contribution < 1.29 is 0 Å². The fraction of sp³-hybridized carbons (Fsp3) is 0. The molecule has 0 aliphatic carbocycles. The van der Waals surface area contributed by atoms with Gasteiger partial charge in [0.25, 0.3) is 0 Å². The number of anilines is 15. The van der Waals surface area contributed by atoms with Gasteiger partial charge in [0.1, 0.15) is 0 Å². The van der Waals surface area contributed by atoms with E-state index in [0.717, 1.165) is 102 Å². The van der Waals surface area contributed by atoms with E-state index < -0.39 is 0 Å². The van der Waals surface area contributed by atoms with Crippen LogP contribution in [-0.4, -0.2) is 9.13 Å². The Kier molecular flexibility index (Phi) is 19.4. The van der Waals surface area contributed by atoms with Gasteiger partial charge in [-0.3, -0.25) is 0 Å². The highest BCUT2D eigenvalue weighted by atomic mass is 15.2. The van der Waals surface area contributed by atoms with Crippen LogP contribution in [0.15, 0.2) is 479 Å². The van der Waals surface area contributed by atoms with Gasteiger partial charge >= 0.3 is 0 Å². The number of hydrogen-bond donors (Lipinski definition) is 0. The molecule has 0 radical (unpaired) electrons. The first kappa shape index (κ1) is 70.0. The second-order valence-electron chi connectivity index (χ2n) is 28.5. The molecule has 0 atom stereocenters. The van der Waals surface area contributed by atoms with Crippen LogP contribution in [0.3, 0.4) is 0 Å². The molecule has 0 saturated heterocycles. The molecule has 0 aliphatic rings. The van der Waals surface area contributed by atoms with Crippen LogP contribution >= 0.6 is 0 Å². The second-order valence-corrected chi connectivity index (χ2v) is 28.5. The van der Waals surface area contributed by atoms with E-state index in [4.69, 9.17) is 0 Å². The number of hydrogen-bond acceptors (Lipinski definition) is 5. The van der Waals surface area contributed by atoms with E-state index in [2.05, 4.69) is 513 Å². The first-order chi connectivity index (χ1) is 57.1. The molecule has 0 saturated carbocycles. The molecule has 0 spiro atoms. The van der Waals surface area contributed by atoms with Crippen LogP contribution < -0.4 is 24.5 Å². The van der Waals surface area contributed by atoms with E-state index in [0.29, 0.717) is 0 Å². The summed E-state index contributed by atoms with van der Waals surface area (Å²) in [5, 5.41) is 5.08. The number of aromatic nitrogens is 2. The van der Waals surface area contributed by atoms with Gasteiger partial charge in [-0.1, -0.05) is 249 Å². The van der Waals surface area contributed by atoms with Gasteiger partial charge in [-0.05, 0) is 253 Å². The lowest BCUT2D eigenvalue weighted by Gasteiger charge is -2.29. The highest BCUT2D eigenvalue weighted by Crippen LogP contribution is 2.45. The molecule has 0 amide bonds. The van der Waals surface area contributed by atoms with Crippen molar-refractivity contribution in [3.05, 3.63) is 479 Å². The molecule has 115 heavy (non-hydrogen) atoms. The van der Waals surface area contributed by atoms with Gasteiger partial charge < -0.3 is 33.6 Å².